The molecular weight excluding hydrogens is 380 g/mol. The van der Waals surface area contributed by atoms with E-state index in [1.165, 1.54) is 0 Å². The molecule has 0 radical (unpaired) electrons. The molecule has 4 rings (SSSR count). The van der Waals surface area contributed by atoms with Crippen molar-refractivity contribution in [1.29, 1.82) is 0 Å². The van der Waals surface area contributed by atoms with Crippen LogP contribution in [0.3, 0.4) is 0 Å². The van der Waals surface area contributed by atoms with E-state index >= 15 is 0 Å². The van der Waals surface area contributed by atoms with Crippen molar-refractivity contribution < 1.29 is 0 Å². The number of aromatic nitrogens is 3. The van der Waals surface area contributed by atoms with Gasteiger partial charge in [0.2, 0.25) is 0 Å². The van der Waals surface area contributed by atoms with Crippen LogP contribution in [0.25, 0.3) is 33.4 Å². The Bertz CT molecular complexity index is 1210. The van der Waals surface area contributed by atoms with Gasteiger partial charge in [-0.1, -0.05) is 68.8 Å². The van der Waals surface area contributed by atoms with Crippen molar-refractivity contribution in [3.8, 4) is 22.4 Å². The molecular formula is C24H23ClN4. The Balaban J connectivity index is 2.07. The van der Waals surface area contributed by atoms with E-state index in [0.717, 1.165) is 33.3 Å². The van der Waals surface area contributed by atoms with E-state index in [2.05, 4.69) is 44.8 Å². The van der Waals surface area contributed by atoms with Gasteiger partial charge in [0.15, 0.2) is 5.65 Å². The fourth-order valence-corrected chi connectivity index (χ4v) is 3.43. The van der Waals surface area contributed by atoms with Crippen molar-refractivity contribution in [2.24, 2.45) is 0 Å². The molecule has 0 spiro atoms. The summed E-state index contributed by atoms with van der Waals surface area (Å²) in [5.74, 6) is 1.13. The third kappa shape index (κ3) is 3.68. The van der Waals surface area contributed by atoms with Crippen LogP contribution >= 0.6 is 11.6 Å². The second-order valence-corrected chi connectivity index (χ2v) is 8.70. The quantitative estimate of drug-likeness (QED) is 0.433. The molecule has 0 saturated carbocycles. The van der Waals surface area contributed by atoms with Gasteiger partial charge in [-0.15, -0.1) is 0 Å². The number of hydrogen-bond donors (Lipinski definition) is 1. The van der Waals surface area contributed by atoms with Crippen LogP contribution in [0, 0.1) is 6.92 Å². The fraction of sp³-hybridized carbons (Fsp3) is 0.208. The largest absolute Gasteiger partial charge is 0.383 e. The van der Waals surface area contributed by atoms with Crippen molar-refractivity contribution in [1.82, 2.24) is 15.0 Å². The number of hydrogen-bond acceptors (Lipinski definition) is 4. The van der Waals surface area contributed by atoms with Gasteiger partial charge in [-0.2, -0.15) is 0 Å². The second kappa shape index (κ2) is 7.12. The molecule has 2 aromatic carbocycles. The maximum Gasteiger partial charge on any atom is 0.165 e. The van der Waals surface area contributed by atoms with Gasteiger partial charge in [0.1, 0.15) is 11.6 Å². The van der Waals surface area contributed by atoms with E-state index in [-0.39, 0.29) is 5.41 Å². The SMILES string of the molecule is Cc1ccccc1-c1nc2nc(C(C)(C)C)nc(N)c2cc1-c1ccc(Cl)cc1. The lowest BCUT2D eigenvalue weighted by Gasteiger charge is -2.19. The number of halogens is 1. The van der Waals surface area contributed by atoms with Crippen LogP contribution in [-0.4, -0.2) is 15.0 Å². The lowest BCUT2D eigenvalue weighted by Crippen LogP contribution is -2.17. The van der Waals surface area contributed by atoms with Crippen LogP contribution in [0.4, 0.5) is 5.82 Å². The number of pyridine rings is 1. The zero-order valence-electron chi connectivity index (χ0n) is 17.0. The van der Waals surface area contributed by atoms with Crippen LogP contribution in [0.2, 0.25) is 5.02 Å². The number of aryl methyl sites for hydroxylation is 1. The van der Waals surface area contributed by atoms with Crippen molar-refractivity contribution in [2.45, 2.75) is 33.1 Å². The van der Waals surface area contributed by atoms with Crippen LogP contribution in [0.5, 0.6) is 0 Å². The summed E-state index contributed by atoms with van der Waals surface area (Å²) in [6.07, 6.45) is 0. The molecule has 2 heterocycles. The molecule has 146 valence electrons. The zero-order chi connectivity index (χ0) is 20.8. The van der Waals surface area contributed by atoms with E-state index in [0.29, 0.717) is 22.3 Å². The first-order valence-electron chi connectivity index (χ1n) is 9.55. The number of nitrogens with two attached hydrogens (primary N) is 1. The maximum absolute atomic E-state index is 6.33. The molecule has 2 aromatic heterocycles. The Morgan fingerprint density at radius 1 is 0.862 bits per heavy atom. The predicted molar refractivity (Wildman–Crippen MR) is 121 cm³/mol. The van der Waals surface area contributed by atoms with E-state index < -0.39 is 0 Å². The number of fused-ring (bicyclic) bond motifs is 1. The standard InChI is InChI=1S/C24H23ClN4/c1-14-7-5-6-8-17(14)20-18(15-9-11-16(25)12-10-15)13-19-21(26)28-23(24(2,3)4)29-22(19)27-20/h5-13H,1-4H3,(H2,26,27,28,29). The Hall–Kier alpha value is -2.98. The van der Waals surface area contributed by atoms with Crippen molar-refractivity contribution in [3.05, 3.63) is 71.0 Å². The normalized spacial score (nSPS) is 11.8. The molecule has 0 aliphatic rings. The minimum atomic E-state index is -0.221. The van der Waals surface area contributed by atoms with Crippen LogP contribution in [0.15, 0.2) is 54.6 Å². The van der Waals surface area contributed by atoms with Crippen molar-refractivity contribution >= 4 is 28.5 Å². The van der Waals surface area contributed by atoms with Gasteiger partial charge in [0.25, 0.3) is 0 Å². The number of anilines is 1. The summed E-state index contributed by atoms with van der Waals surface area (Å²) in [5.41, 5.74) is 11.8. The van der Waals surface area contributed by atoms with Gasteiger partial charge in [0.05, 0.1) is 11.1 Å². The summed E-state index contributed by atoms with van der Waals surface area (Å²) >= 11 is 6.11. The van der Waals surface area contributed by atoms with Crippen LogP contribution in [0.1, 0.15) is 32.2 Å². The topological polar surface area (TPSA) is 64.7 Å². The van der Waals surface area contributed by atoms with E-state index in [1.807, 2.05) is 42.5 Å². The van der Waals surface area contributed by atoms with Crippen molar-refractivity contribution in [2.75, 3.05) is 5.73 Å². The number of benzene rings is 2. The Kier molecular flexibility index (Phi) is 4.75. The fourth-order valence-electron chi connectivity index (χ4n) is 3.31. The van der Waals surface area contributed by atoms with Crippen LogP contribution < -0.4 is 5.73 Å². The molecule has 0 atom stereocenters. The Morgan fingerprint density at radius 2 is 1.55 bits per heavy atom. The molecule has 0 fully saturated rings. The second-order valence-electron chi connectivity index (χ2n) is 8.26. The minimum absolute atomic E-state index is 0.221. The molecule has 0 saturated heterocycles. The van der Waals surface area contributed by atoms with E-state index in [1.54, 1.807) is 0 Å². The van der Waals surface area contributed by atoms with Gasteiger partial charge < -0.3 is 5.73 Å². The molecule has 29 heavy (non-hydrogen) atoms. The first-order chi connectivity index (χ1) is 13.7. The highest BCUT2D eigenvalue weighted by molar-refractivity contribution is 6.30. The molecule has 4 aromatic rings. The average Bonchev–Trinajstić information content (AvgIpc) is 2.67. The van der Waals surface area contributed by atoms with Gasteiger partial charge >= 0.3 is 0 Å². The highest BCUT2D eigenvalue weighted by Gasteiger charge is 2.21. The highest BCUT2D eigenvalue weighted by Crippen LogP contribution is 2.36. The van der Waals surface area contributed by atoms with E-state index in [4.69, 9.17) is 27.3 Å². The predicted octanol–water partition coefficient (Wildman–Crippen LogP) is 6.20. The summed E-state index contributed by atoms with van der Waals surface area (Å²) in [6, 6.07) is 18.0. The first-order valence-corrected chi connectivity index (χ1v) is 9.92. The summed E-state index contributed by atoms with van der Waals surface area (Å²) in [7, 11) is 0. The molecule has 0 aliphatic carbocycles. The Labute approximate surface area is 175 Å². The van der Waals surface area contributed by atoms with Crippen LogP contribution in [-0.2, 0) is 5.41 Å². The number of nitrogens with zero attached hydrogens (tertiary/aromatic N) is 3. The number of rotatable bonds is 2. The molecule has 4 nitrogen and oxygen atoms in total. The maximum atomic E-state index is 6.33. The molecule has 0 bridgehead atoms. The van der Waals surface area contributed by atoms with Crippen molar-refractivity contribution in [3.63, 3.8) is 0 Å². The first kappa shape index (κ1) is 19.3. The third-order valence-corrected chi connectivity index (χ3v) is 5.19. The lowest BCUT2D eigenvalue weighted by molar-refractivity contribution is 0.549. The lowest BCUT2D eigenvalue weighted by atomic mass is 9.94. The van der Waals surface area contributed by atoms with Gasteiger partial charge in [-0.25, -0.2) is 15.0 Å². The molecule has 0 unspecified atom stereocenters. The molecule has 0 amide bonds. The zero-order valence-corrected chi connectivity index (χ0v) is 17.7. The molecule has 2 N–H and O–H groups in total. The smallest absolute Gasteiger partial charge is 0.165 e. The number of nitrogen functional groups attached to an aromatic ring is 1. The molecule has 0 aliphatic heterocycles. The summed E-state index contributed by atoms with van der Waals surface area (Å²) < 4.78 is 0. The van der Waals surface area contributed by atoms with Gasteiger partial charge in [0, 0.05) is 21.6 Å². The Morgan fingerprint density at radius 3 is 2.21 bits per heavy atom. The summed E-state index contributed by atoms with van der Waals surface area (Å²) in [5, 5.41) is 1.44. The minimum Gasteiger partial charge on any atom is -0.383 e. The third-order valence-electron chi connectivity index (χ3n) is 4.94. The van der Waals surface area contributed by atoms with E-state index in [9.17, 15) is 0 Å². The van der Waals surface area contributed by atoms with Gasteiger partial charge in [-0.3, -0.25) is 0 Å². The summed E-state index contributed by atoms with van der Waals surface area (Å²) in [4.78, 5) is 14.3. The molecule has 5 heteroatoms. The van der Waals surface area contributed by atoms with Gasteiger partial charge in [-0.05, 0) is 36.2 Å². The highest BCUT2D eigenvalue weighted by atomic mass is 35.5. The summed E-state index contributed by atoms with van der Waals surface area (Å²) in [6.45, 7) is 8.29. The monoisotopic (exact) mass is 402 g/mol. The average molecular weight is 403 g/mol.